The summed E-state index contributed by atoms with van der Waals surface area (Å²) in [5, 5.41) is 5.60. The van der Waals surface area contributed by atoms with Gasteiger partial charge in [-0.25, -0.2) is 0 Å². The monoisotopic (exact) mass is 406 g/mol. The minimum absolute atomic E-state index is 0.112. The molecule has 0 aliphatic heterocycles. The Kier molecular flexibility index (Phi) is 6.45. The molecule has 6 heteroatoms. The third-order valence-corrected chi connectivity index (χ3v) is 4.92. The van der Waals surface area contributed by atoms with Crippen LogP contribution in [0.1, 0.15) is 18.1 Å². The summed E-state index contributed by atoms with van der Waals surface area (Å²) in [5.74, 6) is 0.0179. The molecule has 4 nitrogen and oxygen atoms in total. The fourth-order valence-corrected chi connectivity index (χ4v) is 3.45. The molecule has 0 aromatic heterocycles. The van der Waals surface area contributed by atoms with Gasteiger partial charge >= 0.3 is 0 Å². The van der Waals surface area contributed by atoms with E-state index >= 15 is 0 Å². The van der Waals surface area contributed by atoms with Gasteiger partial charge in [0.25, 0.3) is 0 Å². The molecule has 126 valence electrons. The molecule has 0 spiro atoms. The Morgan fingerprint density at radius 3 is 2.46 bits per heavy atom. The first kappa shape index (κ1) is 18.5. The number of halogens is 1. The molecular weight excluding hydrogens is 388 g/mol. The summed E-state index contributed by atoms with van der Waals surface area (Å²) >= 11 is 4.92. The summed E-state index contributed by atoms with van der Waals surface area (Å²) in [6.07, 6.45) is 0. The highest BCUT2D eigenvalue weighted by Gasteiger charge is 2.10. The van der Waals surface area contributed by atoms with Crippen molar-refractivity contribution in [1.29, 1.82) is 0 Å². The lowest BCUT2D eigenvalue weighted by Crippen LogP contribution is -2.17. The van der Waals surface area contributed by atoms with E-state index in [0.29, 0.717) is 17.1 Å². The molecule has 2 amide bonds. The van der Waals surface area contributed by atoms with Crippen LogP contribution >= 0.6 is 27.7 Å². The van der Waals surface area contributed by atoms with Gasteiger partial charge in [0.2, 0.25) is 11.8 Å². The number of hydrogen-bond acceptors (Lipinski definition) is 3. The molecule has 0 unspecified atom stereocenters. The molecule has 2 aromatic rings. The van der Waals surface area contributed by atoms with Crippen LogP contribution in [0.5, 0.6) is 0 Å². The zero-order chi connectivity index (χ0) is 17.7. The molecule has 0 fully saturated rings. The molecule has 0 atom stereocenters. The predicted octanol–water partition coefficient (Wildman–Crippen LogP) is 4.76. The second kappa shape index (κ2) is 8.35. The van der Waals surface area contributed by atoms with Gasteiger partial charge in [-0.15, -0.1) is 11.8 Å². The van der Waals surface area contributed by atoms with Crippen LogP contribution < -0.4 is 10.6 Å². The number of carbonyl (C=O) groups excluding carboxylic acids is 2. The van der Waals surface area contributed by atoms with Crippen molar-refractivity contribution in [2.45, 2.75) is 25.7 Å². The first-order valence-electron chi connectivity index (χ1n) is 7.42. The summed E-state index contributed by atoms with van der Waals surface area (Å²) in [5.41, 5.74) is 3.35. The summed E-state index contributed by atoms with van der Waals surface area (Å²) in [6, 6.07) is 11.5. The third-order valence-electron chi connectivity index (χ3n) is 3.26. The van der Waals surface area contributed by atoms with Crippen LogP contribution in [0.15, 0.2) is 45.8 Å². The van der Waals surface area contributed by atoms with Gasteiger partial charge in [-0.05, 0) is 55.3 Å². The van der Waals surface area contributed by atoms with Gasteiger partial charge < -0.3 is 10.6 Å². The summed E-state index contributed by atoms with van der Waals surface area (Å²) in [4.78, 5) is 24.6. The van der Waals surface area contributed by atoms with E-state index in [0.717, 1.165) is 20.5 Å². The van der Waals surface area contributed by atoms with Crippen molar-refractivity contribution in [2.75, 3.05) is 16.4 Å². The topological polar surface area (TPSA) is 58.2 Å². The summed E-state index contributed by atoms with van der Waals surface area (Å²) in [7, 11) is 0. The van der Waals surface area contributed by atoms with E-state index in [1.54, 1.807) is 6.07 Å². The SMILES string of the molecule is CC(=O)Nc1ccc(C)cc1NC(=O)CSc1ccc(Br)cc1C. The van der Waals surface area contributed by atoms with Crippen LogP contribution in [0, 0.1) is 13.8 Å². The van der Waals surface area contributed by atoms with E-state index in [1.165, 1.54) is 18.7 Å². The minimum atomic E-state index is -0.172. The number of amides is 2. The van der Waals surface area contributed by atoms with Crippen LogP contribution in [0.4, 0.5) is 11.4 Å². The lowest BCUT2D eigenvalue weighted by atomic mass is 10.2. The Morgan fingerprint density at radius 2 is 1.79 bits per heavy atom. The highest BCUT2D eigenvalue weighted by atomic mass is 79.9. The highest BCUT2D eigenvalue weighted by Crippen LogP contribution is 2.27. The molecule has 0 bridgehead atoms. The molecule has 0 radical (unpaired) electrons. The lowest BCUT2D eigenvalue weighted by molar-refractivity contribution is -0.115. The van der Waals surface area contributed by atoms with E-state index in [4.69, 9.17) is 0 Å². The number of nitrogens with one attached hydrogen (secondary N) is 2. The van der Waals surface area contributed by atoms with Gasteiger partial charge in [0.05, 0.1) is 17.1 Å². The van der Waals surface area contributed by atoms with Crippen LogP contribution in [0.25, 0.3) is 0 Å². The molecule has 2 aromatic carbocycles. The van der Waals surface area contributed by atoms with Gasteiger partial charge in [-0.1, -0.05) is 22.0 Å². The number of aryl methyl sites for hydroxylation is 2. The van der Waals surface area contributed by atoms with Crippen LogP contribution in [0.3, 0.4) is 0 Å². The van der Waals surface area contributed by atoms with Crippen molar-refractivity contribution in [3.05, 3.63) is 52.0 Å². The smallest absolute Gasteiger partial charge is 0.234 e. The maximum atomic E-state index is 12.3. The second-order valence-corrected chi connectivity index (χ2v) is 7.41. The van der Waals surface area contributed by atoms with Crippen molar-refractivity contribution in [1.82, 2.24) is 0 Å². The normalized spacial score (nSPS) is 10.3. The van der Waals surface area contributed by atoms with Crippen LogP contribution in [0.2, 0.25) is 0 Å². The van der Waals surface area contributed by atoms with E-state index < -0.39 is 0 Å². The zero-order valence-corrected chi connectivity index (χ0v) is 16.2. The molecular formula is C18H19BrN2O2S. The van der Waals surface area contributed by atoms with Crippen molar-refractivity contribution < 1.29 is 9.59 Å². The average Bonchev–Trinajstić information content (AvgIpc) is 2.49. The summed E-state index contributed by atoms with van der Waals surface area (Å²) < 4.78 is 1.02. The second-order valence-electron chi connectivity index (χ2n) is 5.48. The van der Waals surface area contributed by atoms with E-state index in [-0.39, 0.29) is 11.8 Å². The van der Waals surface area contributed by atoms with E-state index in [9.17, 15) is 9.59 Å². The summed E-state index contributed by atoms with van der Waals surface area (Å²) in [6.45, 7) is 5.39. The van der Waals surface area contributed by atoms with Crippen LogP contribution in [-0.4, -0.2) is 17.6 Å². The predicted molar refractivity (Wildman–Crippen MR) is 104 cm³/mol. The van der Waals surface area contributed by atoms with Crippen LogP contribution in [-0.2, 0) is 9.59 Å². The minimum Gasteiger partial charge on any atom is -0.325 e. The fourth-order valence-electron chi connectivity index (χ4n) is 2.16. The Morgan fingerprint density at radius 1 is 1.04 bits per heavy atom. The lowest BCUT2D eigenvalue weighted by Gasteiger charge is -2.12. The van der Waals surface area contributed by atoms with Crippen molar-refractivity contribution in [3.63, 3.8) is 0 Å². The fraction of sp³-hybridized carbons (Fsp3) is 0.222. The first-order chi connectivity index (χ1) is 11.3. The van der Waals surface area contributed by atoms with Gasteiger partial charge in [0.1, 0.15) is 0 Å². The quantitative estimate of drug-likeness (QED) is 0.703. The van der Waals surface area contributed by atoms with Crippen molar-refractivity contribution in [2.24, 2.45) is 0 Å². The number of carbonyl (C=O) groups is 2. The molecule has 2 rings (SSSR count). The molecule has 0 aliphatic carbocycles. The maximum Gasteiger partial charge on any atom is 0.234 e. The number of anilines is 2. The largest absolute Gasteiger partial charge is 0.325 e. The molecule has 0 saturated heterocycles. The Labute approximate surface area is 154 Å². The van der Waals surface area contributed by atoms with Crippen molar-refractivity contribution >= 4 is 50.9 Å². The molecule has 0 saturated carbocycles. The number of thioether (sulfide) groups is 1. The molecule has 2 N–H and O–H groups in total. The van der Waals surface area contributed by atoms with Gasteiger partial charge in [-0.3, -0.25) is 9.59 Å². The number of hydrogen-bond donors (Lipinski definition) is 2. The van der Waals surface area contributed by atoms with Crippen molar-refractivity contribution in [3.8, 4) is 0 Å². The molecule has 24 heavy (non-hydrogen) atoms. The Balaban J connectivity index is 2.04. The molecule has 0 aliphatic rings. The highest BCUT2D eigenvalue weighted by molar-refractivity contribution is 9.10. The standard InChI is InChI=1S/C18H19BrN2O2S/c1-11-4-6-15(20-13(3)22)16(8-11)21-18(23)10-24-17-7-5-14(19)9-12(17)2/h4-9H,10H2,1-3H3,(H,20,22)(H,21,23). The van der Waals surface area contributed by atoms with Gasteiger partial charge in [0, 0.05) is 16.3 Å². The van der Waals surface area contributed by atoms with E-state index in [1.807, 2.05) is 44.2 Å². The Hall–Kier alpha value is -1.79. The number of benzene rings is 2. The maximum absolute atomic E-state index is 12.3. The average molecular weight is 407 g/mol. The number of rotatable bonds is 5. The third kappa shape index (κ3) is 5.39. The first-order valence-corrected chi connectivity index (χ1v) is 9.20. The zero-order valence-electron chi connectivity index (χ0n) is 13.8. The van der Waals surface area contributed by atoms with Gasteiger partial charge in [0.15, 0.2) is 0 Å². The molecule has 0 heterocycles. The van der Waals surface area contributed by atoms with Gasteiger partial charge in [-0.2, -0.15) is 0 Å². The Bertz CT molecular complexity index is 778. The van der Waals surface area contributed by atoms with E-state index in [2.05, 4.69) is 26.6 Å².